The van der Waals surface area contributed by atoms with Gasteiger partial charge in [-0.1, -0.05) is 46.6 Å². The van der Waals surface area contributed by atoms with E-state index in [-0.39, 0.29) is 38.0 Å². The van der Waals surface area contributed by atoms with E-state index in [1.54, 1.807) is 62.4 Å². The molecule has 0 unspecified atom stereocenters. The molecule has 2 fully saturated rings. The van der Waals surface area contributed by atoms with Crippen molar-refractivity contribution in [3.63, 3.8) is 0 Å². The summed E-state index contributed by atoms with van der Waals surface area (Å²) in [5, 5.41) is 7.44. The molecule has 16 nitrogen and oxygen atoms in total. The zero-order valence-electron chi connectivity index (χ0n) is 23.9. The number of ether oxygens (including phenoxy) is 4. The van der Waals surface area contributed by atoms with Gasteiger partial charge in [-0.15, -0.1) is 0 Å². The van der Waals surface area contributed by atoms with Gasteiger partial charge in [0.25, 0.3) is 0 Å². The minimum Gasteiger partial charge on any atom is -0.452 e. The predicted molar refractivity (Wildman–Crippen MR) is 152 cm³/mol. The highest BCUT2D eigenvalue weighted by Crippen LogP contribution is 2.53. The maximum absolute atomic E-state index is 12.3. The molecule has 0 bridgehead atoms. The summed E-state index contributed by atoms with van der Waals surface area (Å²) in [5.74, 6) is -0.752. The lowest BCUT2D eigenvalue weighted by molar-refractivity contribution is -0.151. The summed E-state index contributed by atoms with van der Waals surface area (Å²) >= 11 is 0. The summed E-state index contributed by atoms with van der Waals surface area (Å²) in [6, 6.07) is 14.1. The molecule has 2 amide bonds. The highest BCUT2D eigenvalue weighted by molar-refractivity contribution is 5.94. The summed E-state index contributed by atoms with van der Waals surface area (Å²) in [4.78, 5) is 56.1. The molecule has 0 aliphatic carbocycles. The fourth-order valence-electron chi connectivity index (χ4n) is 6.14. The second-order valence-corrected chi connectivity index (χ2v) is 10.1. The molecule has 4 atom stereocenters. The van der Waals surface area contributed by atoms with Crippen LogP contribution in [0.15, 0.2) is 58.8 Å². The van der Waals surface area contributed by atoms with E-state index in [0.29, 0.717) is 35.3 Å². The second kappa shape index (κ2) is 12.0. The Balaban J connectivity index is 0.000000175. The number of para-hydroxylation sites is 2. The first kappa shape index (κ1) is 30.0. The first-order valence-electron chi connectivity index (χ1n) is 13.9. The zero-order valence-corrected chi connectivity index (χ0v) is 23.9. The van der Waals surface area contributed by atoms with Crippen LogP contribution in [0, 0.1) is 0 Å². The Morgan fingerprint density at radius 2 is 1.18 bits per heavy atom. The molecule has 4 aliphatic rings. The van der Waals surface area contributed by atoms with Crippen molar-refractivity contribution in [2.45, 2.75) is 63.1 Å². The fourth-order valence-corrected chi connectivity index (χ4v) is 6.14. The van der Waals surface area contributed by atoms with E-state index >= 15 is 0 Å². The maximum Gasteiger partial charge on any atom is 0.414 e. The quantitative estimate of drug-likeness (QED) is 0.139. The van der Waals surface area contributed by atoms with E-state index in [2.05, 4.69) is 20.1 Å². The third-order valence-corrected chi connectivity index (χ3v) is 7.81. The van der Waals surface area contributed by atoms with Crippen molar-refractivity contribution in [3.8, 4) is 0 Å². The van der Waals surface area contributed by atoms with Crippen LogP contribution in [0.2, 0.25) is 0 Å². The molecular formula is C28H28N8O8. The van der Waals surface area contributed by atoms with E-state index in [9.17, 15) is 19.2 Å². The lowest BCUT2D eigenvalue weighted by atomic mass is 9.90. The number of carbonyl (C=O) groups is 4. The van der Waals surface area contributed by atoms with Gasteiger partial charge in [0.05, 0.1) is 24.6 Å². The van der Waals surface area contributed by atoms with Crippen LogP contribution >= 0.6 is 0 Å². The van der Waals surface area contributed by atoms with Gasteiger partial charge in [0, 0.05) is 46.6 Å². The fraction of sp³-hybridized carbons (Fsp3) is 0.429. The Morgan fingerprint density at radius 3 is 1.50 bits per heavy atom. The summed E-state index contributed by atoms with van der Waals surface area (Å²) in [6.45, 7) is 3.75. The molecule has 4 aliphatic heterocycles. The number of azide groups is 2. The van der Waals surface area contributed by atoms with Gasteiger partial charge in [-0.2, -0.15) is 0 Å². The molecule has 44 heavy (non-hydrogen) atoms. The molecule has 4 heterocycles. The van der Waals surface area contributed by atoms with Crippen molar-refractivity contribution >= 4 is 35.5 Å². The SMILES string of the molecule is CCOC(=O)N1c2ccccc2[C@@]2(CCC(=O)O2)[C@H]1N=[N+]=[N-].CCOC(=O)N1c2ccccc2[C@@]2(CCC(=O)O2)[C@H]1N=[N+]=[N-]. The molecule has 2 aromatic carbocycles. The normalized spacial score (nSPS) is 25.6. The number of fused-ring (bicyclic) bond motifs is 4. The largest absolute Gasteiger partial charge is 0.452 e. The number of anilines is 2. The van der Waals surface area contributed by atoms with Gasteiger partial charge >= 0.3 is 24.1 Å². The second-order valence-electron chi connectivity index (χ2n) is 10.1. The van der Waals surface area contributed by atoms with Crippen molar-refractivity contribution < 1.29 is 38.1 Å². The Morgan fingerprint density at radius 1 is 0.795 bits per heavy atom. The van der Waals surface area contributed by atoms with Gasteiger partial charge in [0.2, 0.25) is 0 Å². The number of amides is 2. The molecule has 0 N–H and O–H groups in total. The van der Waals surface area contributed by atoms with Crippen molar-refractivity contribution in [2.75, 3.05) is 23.0 Å². The number of nitrogens with zero attached hydrogens (tertiary/aromatic N) is 8. The molecule has 16 heteroatoms. The van der Waals surface area contributed by atoms with E-state index < -0.39 is 35.7 Å². The van der Waals surface area contributed by atoms with Gasteiger partial charge in [0.1, 0.15) is 0 Å². The summed E-state index contributed by atoms with van der Waals surface area (Å²) < 4.78 is 21.1. The zero-order chi connectivity index (χ0) is 31.5. The van der Waals surface area contributed by atoms with Crippen LogP contribution in [0.3, 0.4) is 0 Å². The average molecular weight is 605 g/mol. The average Bonchev–Trinajstić information content (AvgIpc) is 3.74. The van der Waals surface area contributed by atoms with E-state index in [1.165, 1.54) is 9.80 Å². The highest BCUT2D eigenvalue weighted by atomic mass is 16.6. The Hall–Kier alpha value is -5.46. The lowest BCUT2D eigenvalue weighted by Gasteiger charge is -2.30. The first-order chi connectivity index (χ1) is 21.3. The van der Waals surface area contributed by atoms with Crippen LogP contribution in [0.4, 0.5) is 21.0 Å². The number of hydrogen-bond acceptors (Lipinski definition) is 10. The third-order valence-electron chi connectivity index (χ3n) is 7.81. The lowest BCUT2D eigenvalue weighted by Crippen LogP contribution is -2.46. The third kappa shape index (κ3) is 4.75. The van der Waals surface area contributed by atoms with Crippen LogP contribution in [0.1, 0.15) is 50.7 Å². The molecular weight excluding hydrogens is 576 g/mol. The molecule has 2 spiro atoms. The van der Waals surface area contributed by atoms with Gasteiger partial charge in [0.15, 0.2) is 23.5 Å². The van der Waals surface area contributed by atoms with E-state index in [1.807, 2.05) is 0 Å². The van der Waals surface area contributed by atoms with Crippen LogP contribution < -0.4 is 9.80 Å². The van der Waals surface area contributed by atoms with E-state index in [0.717, 1.165) is 0 Å². The maximum atomic E-state index is 12.3. The first-order valence-corrected chi connectivity index (χ1v) is 13.9. The summed E-state index contributed by atoms with van der Waals surface area (Å²) in [7, 11) is 0. The van der Waals surface area contributed by atoms with Gasteiger partial charge in [-0.05, 0) is 37.0 Å². The number of benzene rings is 2. The van der Waals surface area contributed by atoms with Crippen molar-refractivity contribution in [1.29, 1.82) is 0 Å². The topological polar surface area (TPSA) is 209 Å². The smallest absolute Gasteiger partial charge is 0.414 e. The highest BCUT2D eigenvalue weighted by Gasteiger charge is 2.60. The van der Waals surface area contributed by atoms with Gasteiger partial charge < -0.3 is 18.9 Å². The van der Waals surface area contributed by atoms with Crippen molar-refractivity contribution in [3.05, 3.63) is 80.5 Å². The van der Waals surface area contributed by atoms with E-state index in [4.69, 9.17) is 30.0 Å². The molecule has 6 rings (SSSR count). The molecule has 2 saturated heterocycles. The number of esters is 2. The number of carbonyl (C=O) groups excluding carboxylic acids is 4. The summed E-state index contributed by atoms with van der Waals surface area (Å²) in [5.41, 5.74) is 17.9. The van der Waals surface area contributed by atoms with Gasteiger partial charge in [-0.3, -0.25) is 19.4 Å². The molecule has 2 aromatic rings. The predicted octanol–water partition coefficient (Wildman–Crippen LogP) is 5.66. The molecule has 0 radical (unpaired) electrons. The van der Waals surface area contributed by atoms with Crippen molar-refractivity contribution in [2.24, 2.45) is 10.2 Å². The summed E-state index contributed by atoms with van der Waals surface area (Å²) in [6.07, 6.45) is -2.12. The van der Waals surface area contributed by atoms with Crippen LogP contribution in [0.5, 0.6) is 0 Å². The number of rotatable bonds is 4. The molecule has 0 saturated carbocycles. The molecule has 228 valence electrons. The van der Waals surface area contributed by atoms with Crippen LogP contribution in [0.25, 0.3) is 20.9 Å². The Labute approximate surface area is 250 Å². The van der Waals surface area contributed by atoms with Gasteiger partial charge in [-0.25, -0.2) is 9.59 Å². The standard InChI is InChI=1S/2C14H14N4O4/c2*1-2-21-13(20)18-10-6-4-3-5-9(10)14(12(18)16-17-15)8-7-11(19)22-14/h2*3-6,12H,2,7-8H2,1H3/t2*12-,14-/m00/s1. The Bertz CT molecular complexity index is 1490. The van der Waals surface area contributed by atoms with Crippen LogP contribution in [-0.2, 0) is 39.7 Å². The molecule has 0 aromatic heterocycles. The minimum atomic E-state index is -1.13. The monoisotopic (exact) mass is 604 g/mol. The number of hydrogen-bond donors (Lipinski definition) is 0. The Kier molecular flexibility index (Phi) is 8.21. The minimum absolute atomic E-state index is 0.188. The van der Waals surface area contributed by atoms with Crippen LogP contribution in [-0.4, -0.2) is 49.7 Å². The van der Waals surface area contributed by atoms with Crippen molar-refractivity contribution in [1.82, 2.24) is 0 Å².